The Kier molecular flexibility index (Phi) is 4.80. The second-order valence-corrected chi connectivity index (χ2v) is 7.73. The minimum atomic E-state index is -0.192. The molecule has 1 aromatic heterocycles. The average Bonchev–Trinajstić information content (AvgIpc) is 3.37. The number of H-pyrrole nitrogens is 1. The van der Waals surface area contributed by atoms with Gasteiger partial charge in [0.15, 0.2) is 0 Å². The Balaban J connectivity index is 1.40. The van der Waals surface area contributed by atoms with Crippen LogP contribution in [0.25, 0.3) is 10.9 Å². The molecule has 1 fully saturated rings. The van der Waals surface area contributed by atoms with E-state index in [0.717, 1.165) is 42.8 Å². The molecule has 8 nitrogen and oxygen atoms in total. The monoisotopic (exact) mass is 408 g/mol. The van der Waals surface area contributed by atoms with E-state index in [2.05, 4.69) is 33.3 Å². The van der Waals surface area contributed by atoms with E-state index in [9.17, 15) is 9.90 Å². The zero-order valence-corrected chi connectivity index (χ0v) is 16.9. The van der Waals surface area contributed by atoms with Gasteiger partial charge in [0, 0.05) is 50.4 Å². The summed E-state index contributed by atoms with van der Waals surface area (Å²) in [5, 5.41) is 18.3. The van der Waals surface area contributed by atoms with Crippen molar-refractivity contribution in [3.8, 4) is 5.75 Å². The Morgan fingerprint density at radius 3 is 2.80 bits per heavy atom. The molecule has 5 rings (SSSR count). The molecule has 3 aromatic rings. The Hall–Kier alpha value is -3.10. The van der Waals surface area contributed by atoms with Crippen molar-refractivity contribution >= 4 is 22.5 Å². The topological polar surface area (TPSA) is 90.9 Å². The molecule has 30 heavy (non-hydrogen) atoms. The summed E-state index contributed by atoms with van der Waals surface area (Å²) < 4.78 is 10.6. The first-order chi connectivity index (χ1) is 14.6. The number of carbonyl (C=O) groups is 1. The van der Waals surface area contributed by atoms with Gasteiger partial charge in [0.1, 0.15) is 5.75 Å². The van der Waals surface area contributed by atoms with Crippen LogP contribution >= 0.6 is 0 Å². The highest BCUT2D eigenvalue weighted by Crippen LogP contribution is 2.32. The number of carbonyl (C=O) groups excluding carboxylic acids is 1. The maximum absolute atomic E-state index is 13.2. The summed E-state index contributed by atoms with van der Waals surface area (Å²) in [5.41, 5.74) is 5.12. The summed E-state index contributed by atoms with van der Waals surface area (Å²) in [6.07, 6.45) is 0. The number of aromatic amines is 1. The predicted molar refractivity (Wildman–Crippen MR) is 112 cm³/mol. The van der Waals surface area contributed by atoms with Gasteiger partial charge in [-0.25, -0.2) is 0 Å². The van der Waals surface area contributed by atoms with Crippen LogP contribution in [0.5, 0.6) is 5.75 Å². The van der Waals surface area contributed by atoms with Crippen molar-refractivity contribution in [3.05, 3.63) is 52.7 Å². The van der Waals surface area contributed by atoms with Gasteiger partial charge in [0.25, 0.3) is 5.91 Å². The first-order valence-corrected chi connectivity index (χ1v) is 10.1. The van der Waals surface area contributed by atoms with Crippen molar-refractivity contribution in [2.75, 3.05) is 38.3 Å². The lowest BCUT2D eigenvalue weighted by molar-refractivity contribution is 0.0748. The third-order valence-electron chi connectivity index (χ3n) is 5.85. The summed E-state index contributed by atoms with van der Waals surface area (Å²) in [5.74, 6) is -0.242. The first-order valence-electron chi connectivity index (χ1n) is 10.1. The van der Waals surface area contributed by atoms with Crippen LogP contribution in [0.3, 0.4) is 0 Å². The number of methoxy groups -OCH3 is 1. The molecule has 2 aliphatic rings. The highest BCUT2D eigenvalue weighted by atomic mass is 16.5. The van der Waals surface area contributed by atoms with Gasteiger partial charge < -0.3 is 24.4 Å². The van der Waals surface area contributed by atoms with Crippen LogP contribution < -0.4 is 4.90 Å². The number of benzene rings is 2. The van der Waals surface area contributed by atoms with Crippen LogP contribution in [0, 0.1) is 0 Å². The van der Waals surface area contributed by atoms with E-state index in [1.807, 2.05) is 0 Å². The van der Waals surface area contributed by atoms with Gasteiger partial charge in [-0.15, -0.1) is 0 Å². The number of nitrogens with one attached hydrogen (secondary N) is 1. The molecule has 1 amide bonds. The number of morpholine rings is 1. The Bertz CT molecular complexity index is 1100. The molecule has 2 aliphatic heterocycles. The molecule has 156 valence electrons. The molecular formula is C22H24N4O4. The van der Waals surface area contributed by atoms with E-state index in [4.69, 9.17) is 9.47 Å². The summed E-state index contributed by atoms with van der Waals surface area (Å²) in [6, 6.07) is 9.64. The fraction of sp³-hybridized carbons (Fsp3) is 0.364. The van der Waals surface area contributed by atoms with E-state index < -0.39 is 0 Å². The number of rotatable bonds is 4. The third-order valence-corrected chi connectivity index (χ3v) is 5.85. The van der Waals surface area contributed by atoms with E-state index in [-0.39, 0.29) is 17.2 Å². The number of anilines is 1. The SMILES string of the molecule is COCc1n[nH]c2cc(O)c(C(=O)N3Cc4ccc(N5CCOCC5)cc4C3)cc12. The number of aromatic hydroxyl groups is 1. The molecule has 0 radical (unpaired) electrons. The Labute approximate surface area is 174 Å². The first kappa shape index (κ1) is 18.9. The second kappa shape index (κ2) is 7.62. The van der Waals surface area contributed by atoms with Crippen molar-refractivity contribution in [3.63, 3.8) is 0 Å². The Morgan fingerprint density at radius 2 is 2.00 bits per heavy atom. The lowest BCUT2D eigenvalue weighted by Crippen LogP contribution is -2.36. The molecule has 0 aliphatic carbocycles. The smallest absolute Gasteiger partial charge is 0.258 e. The molecular weight excluding hydrogens is 384 g/mol. The highest BCUT2D eigenvalue weighted by molar-refractivity contribution is 6.01. The van der Waals surface area contributed by atoms with Crippen molar-refractivity contribution in [1.29, 1.82) is 0 Å². The molecule has 0 unspecified atom stereocenters. The molecule has 1 saturated heterocycles. The van der Waals surface area contributed by atoms with Crippen LogP contribution in [0.2, 0.25) is 0 Å². The van der Waals surface area contributed by atoms with Crippen molar-refractivity contribution in [2.24, 2.45) is 0 Å². The molecule has 2 aromatic carbocycles. The molecule has 0 saturated carbocycles. The van der Waals surface area contributed by atoms with Gasteiger partial charge in [0.2, 0.25) is 0 Å². The van der Waals surface area contributed by atoms with E-state index in [0.29, 0.717) is 30.9 Å². The normalized spacial score (nSPS) is 16.3. The number of fused-ring (bicyclic) bond motifs is 2. The third kappa shape index (κ3) is 3.28. The number of phenols is 1. The van der Waals surface area contributed by atoms with E-state index in [1.54, 1.807) is 24.1 Å². The van der Waals surface area contributed by atoms with Gasteiger partial charge in [-0.1, -0.05) is 6.07 Å². The summed E-state index contributed by atoms with van der Waals surface area (Å²) in [6.45, 7) is 4.63. The molecule has 0 bridgehead atoms. The van der Waals surface area contributed by atoms with E-state index >= 15 is 0 Å². The second-order valence-electron chi connectivity index (χ2n) is 7.73. The minimum absolute atomic E-state index is 0.0509. The number of phenolic OH excluding ortho intramolecular Hbond substituents is 1. The van der Waals surface area contributed by atoms with Gasteiger partial charge >= 0.3 is 0 Å². The number of ether oxygens (including phenoxy) is 2. The summed E-state index contributed by atoms with van der Waals surface area (Å²) >= 11 is 0. The average molecular weight is 408 g/mol. The maximum Gasteiger partial charge on any atom is 0.258 e. The Morgan fingerprint density at radius 1 is 1.20 bits per heavy atom. The number of hydrogen-bond acceptors (Lipinski definition) is 6. The standard InChI is InChI=1S/C22H24N4O4/c1-29-13-20-17-9-18(21(27)10-19(17)23-24-20)22(28)26-11-14-2-3-16(8-15(14)12-26)25-4-6-30-7-5-25/h2-3,8-10,27H,4-7,11-13H2,1H3,(H,23,24). The number of nitrogens with zero attached hydrogens (tertiary/aromatic N) is 3. The van der Waals surface area contributed by atoms with Gasteiger partial charge in [-0.2, -0.15) is 5.10 Å². The van der Waals surface area contributed by atoms with Crippen molar-refractivity contribution in [1.82, 2.24) is 15.1 Å². The quantitative estimate of drug-likeness (QED) is 0.689. The van der Waals surface area contributed by atoms with Crippen LogP contribution in [0.1, 0.15) is 27.2 Å². The number of hydrogen-bond donors (Lipinski definition) is 2. The molecule has 3 heterocycles. The molecule has 0 atom stereocenters. The van der Waals surface area contributed by atoms with Crippen LogP contribution in [0.15, 0.2) is 30.3 Å². The van der Waals surface area contributed by atoms with Gasteiger partial charge in [-0.3, -0.25) is 9.89 Å². The van der Waals surface area contributed by atoms with Gasteiger partial charge in [-0.05, 0) is 29.3 Å². The number of amides is 1. The lowest BCUT2D eigenvalue weighted by atomic mass is 10.1. The van der Waals surface area contributed by atoms with Crippen LogP contribution in [-0.4, -0.2) is 59.5 Å². The minimum Gasteiger partial charge on any atom is -0.507 e. The zero-order chi connectivity index (χ0) is 20.7. The molecule has 8 heteroatoms. The van der Waals surface area contributed by atoms with E-state index in [1.165, 1.54) is 5.69 Å². The van der Waals surface area contributed by atoms with Crippen LogP contribution in [-0.2, 0) is 29.2 Å². The summed E-state index contributed by atoms with van der Waals surface area (Å²) in [4.78, 5) is 17.3. The number of aromatic nitrogens is 2. The summed E-state index contributed by atoms with van der Waals surface area (Å²) in [7, 11) is 1.60. The van der Waals surface area contributed by atoms with Gasteiger partial charge in [0.05, 0.1) is 36.6 Å². The highest BCUT2D eigenvalue weighted by Gasteiger charge is 2.27. The fourth-order valence-electron chi connectivity index (χ4n) is 4.24. The molecule has 0 spiro atoms. The van der Waals surface area contributed by atoms with Crippen molar-refractivity contribution < 1.29 is 19.4 Å². The molecule has 2 N–H and O–H groups in total. The van der Waals surface area contributed by atoms with Crippen LogP contribution in [0.4, 0.5) is 5.69 Å². The fourth-order valence-corrected chi connectivity index (χ4v) is 4.24. The van der Waals surface area contributed by atoms with Crippen molar-refractivity contribution in [2.45, 2.75) is 19.7 Å². The zero-order valence-electron chi connectivity index (χ0n) is 16.9. The maximum atomic E-state index is 13.2. The predicted octanol–water partition coefficient (Wildman–Crippen LogP) is 2.41. The largest absolute Gasteiger partial charge is 0.507 e. The lowest BCUT2D eigenvalue weighted by Gasteiger charge is -2.29.